The number of rotatable bonds is 3. The van der Waals surface area contributed by atoms with Gasteiger partial charge in [-0.05, 0) is 53.6 Å². The largest absolute Gasteiger partial charge is 0.382 e. The van der Waals surface area contributed by atoms with Crippen LogP contribution >= 0.6 is 0 Å². The van der Waals surface area contributed by atoms with E-state index in [-0.39, 0.29) is 11.3 Å². The molecule has 4 aromatic rings. The zero-order valence-electron chi connectivity index (χ0n) is 14.5. The topological polar surface area (TPSA) is 101 Å². The lowest BCUT2D eigenvalue weighted by atomic mass is 10.0. The number of anilines is 3. The first kappa shape index (κ1) is 17.5. The first-order valence-corrected chi connectivity index (χ1v) is 8.33. The molecule has 4 rings (SSSR count). The third-order valence-electron chi connectivity index (χ3n) is 4.44. The zero-order valence-corrected chi connectivity index (χ0v) is 14.5. The fourth-order valence-corrected chi connectivity index (χ4v) is 3.15. The van der Waals surface area contributed by atoms with Gasteiger partial charge in [0.15, 0.2) is 5.82 Å². The Balaban J connectivity index is 1.76. The minimum absolute atomic E-state index is 0.193. The minimum atomic E-state index is -0.706. The van der Waals surface area contributed by atoms with Crippen LogP contribution in [0.25, 0.3) is 22.0 Å². The molecular formula is C20H15F2N5O. The molecule has 1 aromatic heterocycles. The van der Waals surface area contributed by atoms with Crippen molar-refractivity contribution in [2.45, 2.75) is 0 Å². The maximum atomic E-state index is 14.0. The standard InChI is InChI=1S/C20H15F2N5O/c21-12-3-7-14(8-4-12)27(20(24)28)13-5-1-11(2-6-13)15-9-10-16(22)18-17(15)19(23)26-25-18/h1-10H,(H2,24,28)(H3,23,25,26). The fraction of sp³-hybridized carbons (Fsp3) is 0. The fourth-order valence-electron chi connectivity index (χ4n) is 3.15. The number of primary amides is 1. The second kappa shape index (κ2) is 6.66. The van der Waals surface area contributed by atoms with Gasteiger partial charge in [-0.1, -0.05) is 18.2 Å². The average molecular weight is 379 g/mol. The number of fused-ring (bicyclic) bond motifs is 1. The molecule has 0 fully saturated rings. The van der Waals surface area contributed by atoms with E-state index in [1.54, 1.807) is 30.3 Å². The maximum absolute atomic E-state index is 14.0. The van der Waals surface area contributed by atoms with Crippen molar-refractivity contribution in [2.24, 2.45) is 5.73 Å². The van der Waals surface area contributed by atoms with E-state index >= 15 is 0 Å². The molecule has 0 saturated carbocycles. The monoisotopic (exact) mass is 379 g/mol. The van der Waals surface area contributed by atoms with Gasteiger partial charge in [-0.2, -0.15) is 5.10 Å². The van der Waals surface area contributed by atoms with Gasteiger partial charge in [-0.15, -0.1) is 0 Å². The number of nitrogens with two attached hydrogens (primary N) is 2. The number of aromatic nitrogens is 2. The Kier molecular flexibility index (Phi) is 4.15. The van der Waals surface area contributed by atoms with Crippen molar-refractivity contribution in [3.63, 3.8) is 0 Å². The summed E-state index contributed by atoms with van der Waals surface area (Å²) in [5, 5.41) is 6.94. The second-order valence-corrected chi connectivity index (χ2v) is 6.15. The summed E-state index contributed by atoms with van der Waals surface area (Å²) < 4.78 is 27.1. The molecule has 0 radical (unpaired) electrons. The van der Waals surface area contributed by atoms with Crippen molar-refractivity contribution in [1.29, 1.82) is 0 Å². The lowest BCUT2D eigenvalue weighted by Gasteiger charge is -2.21. The van der Waals surface area contributed by atoms with Gasteiger partial charge < -0.3 is 11.5 Å². The number of amides is 2. The molecule has 0 spiro atoms. The molecule has 140 valence electrons. The minimum Gasteiger partial charge on any atom is -0.382 e. The van der Waals surface area contributed by atoms with Crippen LogP contribution in [0.5, 0.6) is 0 Å². The Morgan fingerprint density at radius 2 is 1.54 bits per heavy atom. The molecule has 0 saturated heterocycles. The van der Waals surface area contributed by atoms with E-state index in [0.29, 0.717) is 22.3 Å². The lowest BCUT2D eigenvalue weighted by molar-refractivity contribution is 0.256. The van der Waals surface area contributed by atoms with Gasteiger partial charge in [0.05, 0.1) is 16.8 Å². The maximum Gasteiger partial charge on any atom is 0.323 e. The highest BCUT2D eigenvalue weighted by Gasteiger charge is 2.17. The van der Waals surface area contributed by atoms with Crippen molar-refractivity contribution in [1.82, 2.24) is 10.2 Å². The van der Waals surface area contributed by atoms with Crippen LogP contribution in [0.15, 0.2) is 60.7 Å². The van der Waals surface area contributed by atoms with Gasteiger partial charge in [0.25, 0.3) is 0 Å². The van der Waals surface area contributed by atoms with Crippen LogP contribution in [0.4, 0.5) is 30.8 Å². The first-order valence-electron chi connectivity index (χ1n) is 8.33. The van der Waals surface area contributed by atoms with Crippen molar-refractivity contribution in [3.8, 4) is 11.1 Å². The highest BCUT2D eigenvalue weighted by molar-refractivity contribution is 6.02. The molecule has 3 aromatic carbocycles. The van der Waals surface area contributed by atoms with Crippen molar-refractivity contribution >= 4 is 34.1 Å². The van der Waals surface area contributed by atoms with Gasteiger partial charge in [-0.25, -0.2) is 13.6 Å². The van der Waals surface area contributed by atoms with Crippen LogP contribution in [0.3, 0.4) is 0 Å². The number of nitrogens with one attached hydrogen (secondary N) is 1. The first-order chi connectivity index (χ1) is 13.5. The van der Waals surface area contributed by atoms with Crippen molar-refractivity contribution in [2.75, 3.05) is 10.6 Å². The number of halogens is 2. The van der Waals surface area contributed by atoms with E-state index in [9.17, 15) is 13.6 Å². The summed E-state index contributed by atoms with van der Waals surface area (Å²) >= 11 is 0. The van der Waals surface area contributed by atoms with Crippen molar-refractivity contribution < 1.29 is 13.6 Å². The summed E-state index contributed by atoms with van der Waals surface area (Å²) in [6.07, 6.45) is 0. The molecule has 1 heterocycles. The number of urea groups is 1. The van der Waals surface area contributed by atoms with Crippen LogP contribution in [0.2, 0.25) is 0 Å². The zero-order chi connectivity index (χ0) is 19.8. The van der Waals surface area contributed by atoms with Gasteiger partial charge >= 0.3 is 6.03 Å². The van der Waals surface area contributed by atoms with Crippen LogP contribution < -0.4 is 16.4 Å². The number of aromatic amines is 1. The molecule has 0 aliphatic rings. The quantitative estimate of drug-likeness (QED) is 0.494. The Labute approximate surface area is 158 Å². The Morgan fingerprint density at radius 3 is 2.14 bits per heavy atom. The number of benzene rings is 3. The smallest absolute Gasteiger partial charge is 0.323 e. The van der Waals surface area contributed by atoms with Crippen molar-refractivity contribution in [3.05, 3.63) is 72.3 Å². The van der Waals surface area contributed by atoms with Gasteiger partial charge in [0.1, 0.15) is 17.2 Å². The highest BCUT2D eigenvalue weighted by Crippen LogP contribution is 2.34. The second-order valence-electron chi connectivity index (χ2n) is 6.15. The van der Waals surface area contributed by atoms with E-state index in [0.717, 1.165) is 5.56 Å². The third kappa shape index (κ3) is 2.90. The predicted molar refractivity (Wildman–Crippen MR) is 104 cm³/mol. The SMILES string of the molecule is NC(=O)N(c1ccc(F)cc1)c1ccc(-c2ccc(F)c3[nH]nc(N)c23)cc1. The van der Waals surface area contributed by atoms with E-state index in [4.69, 9.17) is 11.5 Å². The number of hydrogen-bond acceptors (Lipinski definition) is 3. The van der Waals surface area contributed by atoms with E-state index in [1.807, 2.05) is 0 Å². The lowest BCUT2D eigenvalue weighted by Crippen LogP contribution is -2.31. The summed E-state index contributed by atoms with van der Waals surface area (Å²) in [6, 6.07) is 14.6. The van der Waals surface area contributed by atoms with Gasteiger partial charge in [0, 0.05) is 0 Å². The molecule has 0 aliphatic carbocycles. The number of hydrogen-bond donors (Lipinski definition) is 3. The molecule has 8 heteroatoms. The molecule has 0 unspecified atom stereocenters. The highest BCUT2D eigenvalue weighted by atomic mass is 19.1. The molecule has 0 bridgehead atoms. The molecule has 2 amide bonds. The number of nitrogens with zero attached hydrogens (tertiary/aromatic N) is 2. The molecule has 0 aliphatic heterocycles. The summed E-state index contributed by atoms with van der Waals surface area (Å²) in [4.78, 5) is 13.2. The van der Waals surface area contributed by atoms with Gasteiger partial charge in [-0.3, -0.25) is 10.00 Å². The van der Waals surface area contributed by atoms with Crippen LogP contribution in [-0.4, -0.2) is 16.2 Å². The van der Waals surface area contributed by atoms with E-state index in [2.05, 4.69) is 10.2 Å². The number of carbonyl (C=O) groups excluding carboxylic acids is 1. The summed E-state index contributed by atoms with van der Waals surface area (Å²) in [6.45, 7) is 0. The molecular weight excluding hydrogens is 364 g/mol. The summed E-state index contributed by atoms with van der Waals surface area (Å²) in [5.41, 5.74) is 14.0. The molecule has 5 N–H and O–H groups in total. The van der Waals surface area contributed by atoms with Gasteiger partial charge in [0.2, 0.25) is 0 Å². The molecule has 6 nitrogen and oxygen atoms in total. The van der Waals surface area contributed by atoms with E-state index < -0.39 is 17.7 Å². The number of H-pyrrole nitrogens is 1. The molecule has 0 atom stereocenters. The molecule has 28 heavy (non-hydrogen) atoms. The Bertz CT molecular complexity index is 1170. The van der Waals surface area contributed by atoms with Crippen LogP contribution in [-0.2, 0) is 0 Å². The summed E-state index contributed by atoms with van der Waals surface area (Å²) in [5.74, 6) is -0.670. The number of carbonyl (C=O) groups is 1. The average Bonchev–Trinajstić information content (AvgIpc) is 3.07. The Morgan fingerprint density at radius 1 is 0.929 bits per heavy atom. The Hall–Kier alpha value is -3.94. The third-order valence-corrected chi connectivity index (χ3v) is 4.44. The summed E-state index contributed by atoms with van der Waals surface area (Å²) in [7, 11) is 0. The number of nitrogen functional groups attached to an aromatic ring is 1. The van der Waals surface area contributed by atoms with Crippen LogP contribution in [0, 0.1) is 11.6 Å². The van der Waals surface area contributed by atoms with E-state index in [1.165, 1.54) is 35.2 Å². The van der Waals surface area contributed by atoms with Crippen LogP contribution in [0.1, 0.15) is 0 Å². The predicted octanol–water partition coefficient (Wildman–Crippen LogP) is 4.31. The normalized spacial score (nSPS) is 10.9.